The standard InChI is InChI=1S/C14H12BrNO2.Li.H/c15-11-6-7-13(16-9-11)12(8-14(17)18)10-4-2-1-3-5-10;;/h1-7,9,12H,8H2,(H,17,18);;. The van der Waals surface area contributed by atoms with Crippen molar-refractivity contribution in [3.8, 4) is 0 Å². The van der Waals surface area contributed by atoms with Gasteiger partial charge in [-0.05, 0) is 33.6 Å². The Balaban J connectivity index is 0.00000180. The van der Waals surface area contributed by atoms with Crippen LogP contribution in [0.15, 0.2) is 53.1 Å². The molecule has 0 aliphatic carbocycles. The summed E-state index contributed by atoms with van der Waals surface area (Å²) >= 11 is 3.32. The second-order valence-corrected chi connectivity index (χ2v) is 4.88. The van der Waals surface area contributed by atoms with Crippen molar-refractivity contribution in [2.45, 2.75) is 12.3 Å². The van der Waals surface area contributed by atoms with Gasteiger partial charge in [-0.3, -0.25) is 9.78 Å². The molecule has 2 aromatic rings. The molecule has 0 saturated heterocycles. The fourth-order valence-corrected chi connectivity index (χ4v) is 2.08. The predicted molar refractivity (Wildman–Crippen MR) is 79.6 cm³/mol. The molecule has 1 aromatic heterocycles. The Morgan fingerprint density at radius 1 is 1.21 bits per heavy atom. The van der Waals surface area contributed by atoms with Gasteiger partial charge in [-0.1, -0.05) is 30.3 Å². The van der Waals surface area contributed by atoms with E-state index >= 15 is 0 Å². The molecule has 0 spiro atoms. The summed E-state index contributed by atoms with van der Waals surface area (Å²) in [7, 11) is 0. The van der Waals surface area contributed by atoms with Crippen LogP contribution in [0.2, 0.25) is 0 Å². The van der Waals surface area contributed by atoms with Crippen molar-refractivity contribution in [3.63, 3.8) is 0 Å². The Morgan fingerprint density at radius 2 is 1.89 bits per heavy atom. The topological polar surface area (TPSA) is 50.2 Å². The van der Waals surface area contributed by atoms with Crippen molar-refractivity contribution in [1.82, 2.24) is 4.98 Å². The number of carboxylic acids is 1. The van der Waals surface area contributed by atoms with E-state index in [0.717, 1.165) is 15.7 Å². The molecule has 0 aliphatic heterocycles. The van der Waals surface area contributed by atoms with E-state index in [2.05, 4.69) is 20.9 Å². The SMILES string of the molecule is O=C(O)CC(c1ccccc1)c1ccc(Br)cn1.[LiH]. The van der Waals surface area contributed by atoms with Gasteiger partial charge in [0.25, 0.3) is 0 Å². The number of halogens is 1. The molecule has 1 atom stereocenters. The minimum absolute atomic E-state index is 0. The third kappa shape index (κ3) is 4.50. The molecule has 0 amide bonds. The Morgan fingerprint density at radius 3 is 2.42 bits per heavy atom. The van der Waals surface area contributed by atoms with Crippen molar-refractivity contribution < 1.29 is 9.90 Å². The molecule has 0 bridgehead atoms. The van der Waals surface area contributed by atoms with Crippen molar-refractivity contribution in [3.05, 3.63) is 64.4 Å². The first-order valence-electron chi connectivity index (χ1n) is 5.55. The van der Waals surface area contributed by atoms with Gasteiger partial charge in [-0.15, -0.1) is 0 Å². The first kappa shape index (κ1) is 16.0. The van der Waals surface area contributed by atoms with Gasteiger partial charge in [-0.25, -0.2) is 0 Å². The molecule has 19 heavy (non-hydrogen) atoms. The number of hydrogen-bond acceptors (Lipinski definition) is 2. The molecule has 94 valence electrons. The van der Waals surface area contributed by atoms with Crippen molar-refractivity contribution >= 4 is 40.8 Å². The maximum atomic E-state index is 11.0. The molecule has 0 aliphatic rings. The number of pyridine rings is 1. The molecule has 1 unspecified atom stereocenters. The van der Waals surface area contributed by atoms with Crippen LogP contribution in [0.1, 0.15) is 23.6 Å². The van der Waals surface area contributed by atoms with Gasteiger partial charge in [0.15, 0.2) is 0 Å². The number of aromatic nitrogens is 1. The van der Waals surface area contributed by atoms with E-state index in [-0.39, 0.29) is 31.2 Å². The summed E-state index contributed by atoms with van der Waals surface area (Å²) in [5.74, 6) is -1.04. The fourth-order valence-electron chi connectivity index (χ4n) is 1.85. The zero-order valence-electron chi connectivity index (χ0n) is 9.58. The Hall–Kier alpha value is -1.08. The van der Waals surface area contributed by atoms with Gasteiger partial charge in [0.1, 0.15) is 0 Å². The first-order valence-corrected chi connectivity index (χ1v) is 6.34. The first-order chi connectivity index (χ1) is 8.66. The van der Waals surface area contributed by atoms with E-state index in [1.807, 2.05) is 42.5 Å². The molecule has 2 rings (SSSR count). The zero-order valence-corrected chi connectivity index (χ0v) is 11.2. The monoisotopic (exact) mass is 313 g/mol. The van der Waals surface area contributed by atoms with E-state index in [1.54, 1.807) is 6.20 Å². The van der Waals surface area contributed by atoms with Gasteiger partial charge in [-0.2, -0.15) is 0 Å². The van der Waals surface area contributed by atoms with Crippen molar-refractivity contribution in [1.29, 1.82) is 0 Å². The second kappa shape index (κ2) is 7.49. The molecule has 1 N–H and O–H groups in total. The zero-order chi connectivity index (χ0) is 13.0. The molecule has 3 nitrogen and oxygen atoms in total. The third-order valence-electron chi connectivity index (χ3n) is 2.69. The van der Waals surface area contributed by atoms with Crippen LogP contribution in [0.4, 0.5) is 0 Å². The molecule has 1 aromatic carbocycles. The number of benzene rings is 1. The van der Waals surface area contributed by atoms with Crippen LogP contribution in [0.25, 0.3) is 0 Å². The summed E-state index contributed by atoms with van der Waals surface area (Å²) in [6.45, 7) is 0. The fraction of sp³-hybridized carbons (Fsp3) is 0.143. The van der Waals surface area contributed by atoms with Gasteiger partial charge >= 0.3 is 24.8 Å². The van der Waals surface area contributed by atoms with E-state index < -0.39 is 5.97 Å². The Kier molecular flexibility index (Phi) is 6.30. The molecular weight excluding hydrogens is 301 g/mol. The Bertz CT molecular complexity index is 531. The van der Waals surface area contributed by atoms with Crippen LogP contribution in [0, 0.1) is 0 Å². The predicted octanol–water partition coefficient (Wildman–Crippen LogP) is 2.80. The van der Waals surface area contributed by atoms with E-state index in [4.69, 9.17) is 5.11 Å². The van der Waals surface area contributed by atoms with E-state index in [0.29, 0.717) is 0 Å². The summed E-state index contributed by atoms with van der Waals surface area (Å²) in [5.41, 5.74) is 1.74. The summed E-state index contributed by atoms with van der Waals surface area (Å²) < 4.78 is 0.883. The van der Waals surface area contributed by atoms with Crippen molar-refractivity contribution in [2.75, 3.05) is 0 Å². The van der Waals surface area contributed by atoms with Gasteiger partial charge in [0, 0.05) is 22.3 Å². The van der Waals surface area contributed by atoms with Crippen LogP contribution in [0.3, 0.4) is 0 Å². The van der Waals surface area contributed by atoms with Crippen LogP contribution in [-0.2, 0) is 4.79 Å². The van der Waals surface area contributed by atoms with Crippen LogP contribution >= 0.6 is 15.9 Å². The average molecular weight is 314 g/mol. The summed E-state index contributed by atoms with van der Waals surface area (Å²) in [5, 5.41) is 9.02. The summed E-state index contributed by atoms with van der Waals surface area (Å²) in [4.78, 5) is 15.3. The van der Waals surface area contributed by atoms with Gasteiger partial charge in [0.2, 0.25) is 0 Å². The second-order valence-electron chi connectivity index (χ2n) is 3.96. The molecule has 0 saturated carbocycles. The molecule has 5 heteroatoms. The van der Waals surface area contributed by atoms with E-state index in [1.165, 1.54) is 0 Å². The van der Waals surface area contributed by atoms with Crippen LogP contribution in [0.5, 0.6) is 0 Å². The number of carboxylic acid groups (broad SMARTS) is 1. The quantitative estimate of drug-likeness (QED) is 0.883. The number of carbonyl (C=O) groups is 1. The summed E-state index contributed by atoms with van der Waals surface area (Å²) in [6.07, 6.45) is 1.73. The molecule has 0 radical (unpaired) electrons. The summed E-state index contributed by atoms with van der Waals surface area (Å²) in [6, 6.07) is 13.3. The minimum atomic E-state index is -0.825. The van der Waals surface area contributed by atoms with Crippen molar-refractivity contribution in [2.24, 2.45) is 0 Å². The third-order valence-corrected chi connectivity index (χ3v) is 3.16. The van der Waals surface area contributed by atoms with Gasteiger partial charge < -0.3 is 5.11 Å². The molecule has 1 heterocycles. The average Bonchev–Trinajstić information content (AvgIpc) is 2.38. The number of rotatable bonds is 4. The van der Waals surface area contributed by atoms with Crippen LogP contribution in [-0.4, -0.2) is 34.9 Å². The van der Waals surface area contributed by atoms with Gasteiger partial charge in [0.05, 0.1) is 6.42 Å². The number of aliphatic carboxylic acids is 1. The number of hydrogen-bond donors (Lipinski definition) is 1. The maximum absolute atomic E-state index is 11.0. The Labute approximate surface area is 132 Å². The van der Waals surface area contributed by atoms with E-state index in [9.17, 15) is 4.79 Å². The van der Waals surface area contributed by atoms with Crippen LogP contribution < -0.4 is 0 Å². The number of nitrogens with zero attached hydrogens (tertiary/aromatic N) is 1. The normalized spacial score (nSPS) is 11.4. The molecular formula is C14H13BrLiNO2. The molecule has 0 fully saturated rings.